The molecule has 0 aliphatic carbocycles. The Hall–Kier alpha value is -2.37. The van der Waals surface area contributed by atoms with Crippen LogP contribution in [0.4, 0.5) is 27.6 Å². The van der Waals surface area contributed by atoms with Crippen molar-refractivity contribution in [1.29, 1.82) is 0 Å². The molecule has 0 amide bonds. The van der Waals surface area contributed by atoms with E-state index in [0.29, 0.717) is 6.61 Å². The van der Waals surface area contributed by atoms with Gasteiger partial charge in [-0.3, -0.25) is 0 Å². The average molecular weight is 494 g/mol. The summed E-state index contributed by atoms with van der Waals surface area (Å²) in [5, 5.41) is -0.717. The smallest absolute Gasteiger partial charge is 0.418 e. The summed E-state index contributed by atoms with van der Waals surface area (Å²) in [4.78, 5) is 3.97. The van der Waals surface area contributed by atoms with Gasteiger partial charge in [0.25, 0.3) is 0 Å². The molecule has 1 aromatic carbocycles. The van der Waals surface area contributed by atoms with Crippen LogP contribution in [-0.2, 0) is 17.6 Å². The Morgan fingerprint density at radius 3 is 2.31 bits per heavy atom. The van der Waals surface area contributed by atoms with E-state index in [-0.39, 0.29) is 23.2 Å². The number of hydrogen-bond donors (Lipinski definition) is 1. The third-order valence-corrected chi connectivity index (χ3v) is 6.42. The number of nitrogens with zero attached hydrogens (tertiary/aromatic N) is 2. The third kappa shape index (κ3) is 5.51. The van der Waals surface area contributed by atoms with Gasteiger partial charge >= 0.3 is 6.18 Å². The molecular weight excluding hydrogens is 473 g/mol. The molecule has 3 aromatic rings. The summed E-state index contributed by atoms with van der Waals surface area (Å²) in [5.74, 6) is -3.76. The lowest BCUT2D eigenvalue weighted by molar-refractivity contribution is -0.136. The number of alkyl halides is 3. The fourth-order valence-electron chi connectivity index (χ4n) is 2.94. The molecule has 0 fully saturated rings. The van der Waals surface area contributed by atoms with Crippen molar-refractivity contribution in [1.82, 2.24) is 9.55 Å². The first kappa shape index (κ1) is 24.3. The van der Waals surface area contributed by atoms with E-state index in [1.807, 2.05) is 0 Å². The predicted molar refractivity (Wildman–Crippen MR) is 115 cm³/mol. The van der Waals surface area contributed by atoms with E-state index < -0.39 is 48.3 Å². The van der Waals surface area contributed by atoms with Crippen molar-refractivity contribution in [2.75, 3.05) is 12.3 Å². The van der Waals surface area contributed by atoms with Crippen molar-refractivity contribution in [3.05, 3.63) is 46.7 Å². The second-order valence-electron chi connectivity index (χ2n) is 8.42. The lowest BCUT2D eigenvalue weighted by atomic mass is 10.2. The fraction of sp³-hybridized carbons (Fsp3) is 0.350. The van der Waals surface area contributed by atoms with Gasteiger partial charge in [0, 0.05) is 44.8 Å². The minimum absolute atomic E-state index is 0.191. The summed E-state index contributed by atoms with van der Waals surface area (Å²) < 4.78 is 81.7. The number of aromatic nitrogens is 2. The molecule has 0 saturated heterocycles. The molecule has 2 heterocycles. The van der Waals surface area contributed by atoms with Crippen LogP contribution < -0.4 is 10.5 Å². The third-order valence-electron chi connectivity index (χ3n) is 4.52. The van der Waals surface area contributed by atoms with Crippen molar-refractivity contribution in [2.45, 2.75) is 38.6 Å². The quantitative estimate of drug-likeness (QED) is 0.131. The summed E-state index contributed by atoms with van der Waals surface area (Å²) in [6, 6.07) is 3.36. The van der Waals surface area contributed by atoms with Gasteiger partial charge in [-0.2, -0.15) is 13.2 Å². The number of nitrogens with two attached hydrogens (primary N) is 1. The number of rotatable bonds is 7. The summed E-state index contributed by atoms with van der Waals surface area (Å²) >= 11 is 5.98. The van der Waals surface area contributed by atoms with E-state index in [1.54, 1.807) is 0 Å². The van der Waals surface area contributed by atoms with Gasteiger partial charge in [0.05, 0.1) is 10.9 Å². The lowest BCUT2D eigenvalue weighted by Crippen LogP contribution is -2.22. The Bertz CT molecular complexity index is 1120. The maximum atomic E-state index is 14.2. The molecule has 12 heteroatoms. The Balaban J connectivity index is 2.07. The van der Waals surface area contributed by atoms with Gasteiger partial charge in [0.1, 0.15) is 23.3 Å². The van der Waals surface area contributed by atoms with Gasteiger partial charge in [-0.25, -0.2) is 13.8 Å². The van der Waals surface area contributed by atoms with Crippen molar-refractivity contribution in [3.8, 4) is 11.5 Å². The molecule has 2 N–H and O–H groups in total. The fourth-order valence-corrected chi connectivity index (χ4v) is 3.88. The highest BCUT2D eigenvalue weighted by Crippen LogP contribution is 2.43. The second kappa shape index (κ2) is 8.87. The highest BCUT2D eigenvalue weighted by molar-refractivity contribution is 6.76. The molecule has 3 rings (SSSR count). The Kier molecular flexibility index (Phi) is 6.73. The average Bonchev–Trinajstić information content (AvgIpc) is 2.99. The van der Waals surface area contributed by atoms with E-state index in [9.17, 15) is 22.0 Å². The highest BCUT2D eigenvalue weighted by atomic mass is 35.5. The number of anilines is 1. The molecule has 0 aliphatic heterocycles. The monoisotopic (exact) mass is 493 g/mol. The second-order valence-corrected chi connectivity index (χ2v) is 14.4. The molecule has 0 atom stereocenters. The zero-order valence-electron chi connectivity index (χ0n) is 17.5. The summed E-state index contributed by atoms with van der Waals surface area (Å²) in [6.07, 6.45) is -3.99. The molecule has 0 radical (unpaired) electrons. The van der Waals surface area contributed by atoms with Crippen molar-refractivity contribution >= 4 is 36.4 Å². The number of nitrogen functional groups attached to an aromatic ring is 1. The molecule has 0 saturated carbocycles. The normalized spacial score (nSPS) is 12.5. The maximum absolute atomic E-state index is 14.2. The van der Waals surface area contributed by atoms with Crippen LogP contribution in [0.3, 0.4) is 0 Å². The maximum Gasteiger partial charge on any atom is 0.418 e. The zero-order chi connectivity index (χ0) is 23.8. The molecule has 5 nitrogen and oxygen atoms in total. The van der Waals surface area contributed by atoms with Gasteiger partial charge < -0.3 is 19.8 Å². The summed E-state index contributed by atoms with van der Waals surface area (Å²) in [6.45, 7) is 6.58. The van der Waals surface area contributed by atoms with Crippen LogP contribution in [-0.4, -0.2) is 24.2 Å². The Morgan fingerprint density at radius 2 is 1.75 bits per heavy atom. The number of fused-ring (bicyclic) bond motifs is 1. The van der Waals surface area contributed by atoms with Crippen LogP contribution in [0.25, 0.3) is 11.0 Å². The number of hydrogen-bond acceptors (Lipinski definition) is 4. The largest absolute Gasteiger partial charge is 0.450 e. The van der Waals surface area contributed by atoms with Gasteiger partial charge in [0.2, 0.25) is 0 Å². The Labute approximate surface area is 186 Å². The number of benzene rings is 1. The topological polar surface area (TPSA) is 62.3 Å². The molecule has 174 valence electrons. The van der Waals surface area contributed by atoms with E-state index in [2.05, 4.69) is 24.6 Å². The van der Waals surface area contributed by atoms with Crippen LogP contribution in [0.15, 0.2) is 24.4 Å². The SMILES string of the molecule is C[Si](C)(C)CCOCn1cc(C(F)(F)F)c2c(Oc3c(F)cc(N)cc3F)cc(Cl)nc21. The molecular formula is C20H21ClF5N3O2Si. The summed E-state index contributed by atoms with van der Waals surface area (Å²) in [5.41, 5.74) is 3.88. The summed E-state index contributed by atoms with van der Waals surface area (Å²) in [7, 11) is -1.40. The molecule has 2 aromatic heterocycles. The van der Waals surface area contributed by atoms with Crippen LogP contribution in [0, 0.1) is 11.6 Å². The van der Waals surface area contributed by atoms with Crippen LogP contribution >= 0.6 is 11.6 Å². The minimum atomic E-state index is -4.80. The van der Waals surface area contributed by atoms with E-state index in [1.165, 1.54) is 0 Å². The molecule has 32 heavy (non-hydrogen) atoms. The van der Waals surface area contributed by atoms with E-state index in [4.69, 9.17) is 26.8 Å². The number of ether oxygens (including phenoxy) is 2. The molecule has 0 bridgehead atoms. The first-order valence-corrected chi connectivity index (χ1v) is 13.6. The van der Waals surface area contributed by atoms with E-state index in [0.717, 1.165) is 35.0 Å². The van der Waals surface area contributed by atoms with Crippen LogP contribution in [0.5, 0.6) is 11.5 Å². The molecule has 0 aliphatic rings. The standard InChI is InChI=1S/C20H21ClF5N3O2Si/c1-32(2,3)5-4-30-10-29-9-12(20(24,25)26)17-15(8-16(21)28-19(17)29)31-18-13(22)6-11(27)7-14(18)23/h6-9H,4-5,10,27H2,1-3H3. The number of pyridine rings is 1. The minimum Gasteiger partial charge on any atom is -0.450 e. The predicted octanol–water partition coefficient (Wildman–Crippen LogP) is 6.67. The van der Waals surface area contributed by atoms with Crippen LogP contribution in [0.1, 0.15) is 5.56 Å². The van der Waals surface area contributed by atoms with E-state index >= 15 is 0 Å². The first-order chi connectivity index (χ1) is 14.8. The van der Waals surface area contributed by atoms with Gasteiger partial charge in [-0.05, 0) is 6.04 Å². The van der Waals surface area contributed by atoms with Gasteiger partial charge in [0.15, 0.2) is 17.4 Å². The first-order valence-electron chi connectivity index (χ1n) is 9.53. The molecule has 0 unspecified atom stereocenters. The zero-order valence-corrected chi connectivity index (χ0v) is 19.2. The Morgan fingerprint density at radius 1 is 1.12 bits per heavy atom. The lowest BCUT2D eigenvalue weighted by Gasteiger charge is -2.15. The molecule has 0 spiro atoms. The van der Waals surface area contributed by atoms with Crippen molar-refractivity contribution < 1.29 is 31.4 Å². The van der Waals surface area contributed by atoms with Gasteiger partial charge in [-0.15, -0.1) is 0 Å². The number of halogens is 6. The highest BCUT2D eigenvalue weighted by Gasteiger charge is 2.37. The van der Waals surface area contributed by atoms with Crippen LogP contribution in [0.2, 0.25) is 30.8 Å². The van der Waals surface area contributed by atoms with Crippen molar-refractivity contribution in [2.24, 2.45) is 0 Å². The van der Waals surface area contributed by atoms with Gasteiger partial charge in [-0.1, -0.05) is 31.2 Å². The van der Waals surface area contributed by atoms with Crippen molar-refractivity contribution in [3.63, 3.8) is 0 Å².